The lowest BCUT2D eigenvalue weighted by Crippen LogP contribution is -2.47. The molecule has 0 amide bonds. The maximum atomic E-state index is 5.63. The maximum Gasteiger partial charge on any atom is 0.0462 e. The van der Waals surface area contributed by atoms with Crippen molar-refractivity contribution >= 4 is 23.5 Å². The molecule has 1 saturated heterocycles. The first-order valence-electron chi connectivity index (χ1n) is 5.48. The van der Waals surface area contributed by atoms with Gasteiger partial charge >= 0.3 is 0 Å². The summed E-state index contributed by atoms with van der Waals surface area (Å²) < 4.78 is 5.07. The quantitative estimate of drug-likeness (QED) is 0.425. The summed E-state index contributed by atoms with van der Waals surface area (Å²) in [6, 6.07) is 0.424. The maximum absolute atomic E-state index is 5.63. The van der Waals surface area contributed by atoms with Gasteiger partial charge in [0.15, 0.2) is 0 Å². The number of hydrogen-bond acceptors (Lipinski definition) is 5. The summed E-state index contributed by atoms with van der Waals surface area (Å²) in [5, 5.41) is 1.35. The molecule has 0 bridgehead atoms. The van der Waals surface area contributed by atoms with Crippen molar-refractivity contribution < 1.29 is 4.74 Å². The standard InChI is InChI=1S/C10H22N2OS2/c1-8-10(15-7-6-14-8)9(12-11)4-3-5-13-2/h8-10,12H,3-7,11H2,1-2H3. The van der Waals surface area contributed by atoms with Crippen LogP contribution in [0.2, 0.25) is 0 Å². The van der Waals surface area contributed by atoms with Crippen LogP contribution in [0.15, 0.2) is 0 Å². The molecule has 0 aliphatic carbocycles. The van der Waals surface area contributed by atoms with Gasteiger partial charge in [-0.25, -0.2) is 0 Å². The summed E-state index contributed by atoms with van der Waals surface area (Å²) in [5.74, 6) is 8.16. The Morgan fingerprint density at radius 2 is 2.20 bits per heavy atom. The Morgan fingerprint density at radius 3 is 2.80 bits per heavy atom. The first-order valence-corrected chi connectivity index (χ1v) is 7.57. The SMILES string of the molecule is COCCCC(NN)C1SCCSC1C. The van der Waals surface area contributed by atoms with Crippen molar-refractivity contribution in [3.63, 3.8) is 0 Å². The number of hydrazine groups is 1. The van der Waals surface area contributed by atoms with E-state index in [0.717, 1.165) is 19.4 Å². The molecule has 15 heavy (non-hydrogen) atoms. The molecular weight excluding hydrogens is 228 g/mol. The number of thioether (sulfide) groups is 2. The fourth-order valence-corrected chi connectivity index (χ4v) is 4.86. The van der Waals surface area contributed by atoms with Crippen LogP contribution >= 0.6 is 23.5 Å². The molecule has 90 valence electrons. The van der Waals surface area contributed by atoms with E-state index in [2.05, 4.69) is 35.9 Å². The molecule has 1 aliphatic rings. The minimum absolute atomic E-state index is 0.424. The van der Waals surface area contributed by atoms with Gasteiger partial charge in [0.1, 0.15) is 0 Å². The van der Waals surface area contributed by atoms with Gasteiger partial charge in [-0.3, -0.25) is 11.3 Å². The Hall–Kier alpha value is 0.580. The van der Waals surface area contributed by atoms with E-state index in [4.69, 9.17) is 10.6 Å². The average Bonchev–Trinajstić information content (AvgIpc) is 2.26. The normalized spacial score (nSPS) is 29.0. The highest BCUT2D eigenvalue weighted by Gasteiger charge is 2.29. The van der Waals surface area contributed by atoms with Crippen LogP contribution in [0, 0.1) is 0 Å². The molecule has 0 aromatic heterocycles. The second-order valence-corrected chi connectivity index (χ2v) is 6.59. The van der Waals surface area contributed by atoms with Gasteiger partial charge in [0.05, 0.1) is 0 Å². The van der Waals surface area contributed by atoms with Crippen LogP contribution < -0.4 is 11.3 Å². The van der Waals surface area contributed by atoms with E-state index >= 15 is 0 Å². The van der Waals surface area contributed by atoms with E-state index in [1.807, 2.05) is 0 Å². The van der Waals surface area contributed by atoms with E-state index < -0.39 is 0 Å². The second-order valence-electron chi connectivity index (χ2n) is 3.82. The molecule has 1 rings (SSSR count). The third-order valence-corrected chi connectivity index (χ3v) is 5.96. The molecule has 0 aromatic rings. The number of nitrogens with two attached hydrogens (primary N) is 1. The first kappa shape index (κ1) is 13.6. The molecule has 0 saturated carbocycles. The lowest BCUT2D eigenvalue weighted by molar-refractivity contribution is 0.188. The van der Waals surface area contributed by atoms with Crippen LogP contribution in [0.5, 0.6) is 0 Å². The Morgan fingerprint density at radius 1 is 1.47 bits per heavy atom. The number of nitrogens with one attached hydrogen (secondary N) is 1. The molecule has 0 radical (unpaired) electrons. The van der Waals surface area contributed by atoms with Crippen molar-refractivity contribution in [2.24, 2.45) is 5.84 Å². The van der Waals surface area contributed by atoms with Gasteiger partial charge in [-0.2, -0.15) is 23.5 Å². The van der Waals surface area contributed by atoms with Crippen molar-refractivity contribution in [3.8, 4) is 0 Å². The molecular formula is C10H22N2OS2. The topological polar surface area (TPSA) is 47.3 Å². The van der Waals surface area contributed by atoms with Gasteiger partial charge < -0.3 is 4.74 Å². The van der Waals surface area contributed by atoms with Crippen molar-refractivity contribution in [2.45, 2.75) is 36.3 Å². The van der Waals surface area contributed by atoms with Crippen LogP contribution in [0.3, 0.4) is 0 Å². The summed E-state index contributed by atoms with van der Waals surface area (Å²) in [4.78, 5) is 0. The summed E-state index contributed by atoms with van der Waals surface area (Å²) in [6.45, 7) is 3.14. The van der Waals surface area contributed by atoms with Gasteiger partial charge in [0.25, 0.3) is 0 Å². The van der Waals surface area contributed by atoms with Crippen molar-refractivity contribution in [3.05, 3.63) is 0 Å². The third kappa shape index (κ3) is 4.53. The molecule has 3 atom stereocenters. The number of rotatable bonds is 6. The number of ether oxygens (including phenoxy) is 1. The van der Waals surface area contributed by atoms with Crippen LogP contribution in [0.4, 0.5) is 0 Å². The smallest absolute Gasteiger partial charge is 0.0462 e. The highest BCUT2D eigenvalue weighted by atomic mass is 32.2. The predicted molar refractivity (Wildman–Crippen MR) is 70.4 cm³/mol. The average molecular weight is 250 g/mol. The van der Waals surface area contributed by atoms with Gasteiger partial charge in [-0.1, -0.05) is 6.92 Å². The summed E-state index contributed by atoms with van der Waals surface area (Å²) in [5.41, 5.74) is 2.97. The lowest BCUT2D eigenvalue weighted by Gasteiger charge is -2.34. The Kier molecular flexibility index (Phi) is 7.08. The molecule has 5 heteroatoms. The van der Waals surface area contributed by atoms with Gasteiger partial charge in [0, 0.05) is 41.8 Å². The Labute approximate surface area is 101 Å². The minimum atomic E-state index is 0.424. The molecule has 1 fully saturated rings. The zero-order chi connectivity index (χ0) is 11.1. The molecule has 3 nitrogen and oxygen atoms in total. The molecule has 3 N–H and O–H groups in total. The number of methoxy groups -OCH3 is 1. The van der Waals surface area contributed by atoms with Gasteiger partial charge in [0.2, 0.25) is 0 Å². The first-order chi connectivity index (χ1) is 7.29. The zero-order valence-electron chi connectivity index (χ0n) is 9.57. The van der Waals surface area contributed by atoms with Gasteiger partial charge in [-0.05, 0) is 12.8 Å². The van der Waals surface area contributed by atoms with E-state index in [-0.39, 0.29) is 0 Å². The summed E-state index contributed by atoms with van der Waals surface area (Å²) >= 11 is 4.12. The van der Waals surface area contributed by atoms with Crippen LogP contribution in [0.1, 0.15) is 19.8 Å². The van der Waals surface area contributed by atoms with E-state index in [1.165, 1.54) is 11.5 Å². The summed E-state index contributed by atoms with van der Waals surface area (Å²) in [7, 11) is 1.75. The van der Waals surface area contributed by atoms with Crippen molar-refractivity contribution in [1.29, 1.82) is 0 Å². The monoisotopic (exact) mass is 250 g/mol. The second kappa shape index (κ2) is 7.79. The third-order valence-electron chi connectivity index (χ3n) is 2.71. The fourth-order valence-electron chi connectivity index (χ4n) is 1.88. The van der Waals surface area contributed by atoms with Gasteiger partial charge in [-0.15, -0.1) is 0 Å². The Balaban J connectivity index is 2.34. The molecule has 3 unspecified atom stereocenters. The minimum Gasteiger partial charge on any atom is -0.385 e. The molecule has 1 aliphatic heterocycles. The predicted octanol–water partition coefficient (Wildman–Crippen LogP) is 1.48. The number of hydrogen-bond donors (Lipinski definition) is 2. The van der Waals surface area contributed by atoms with Crippen LogP contribution in [-0.2, 0) is 4.74 Å². The highest BCUT2D eigenvalue weighted by Crippen LogP contribution is 2.33. The fraction of sp³-hybridized carbons (Fsp3) is 1.00. The molecule has 1 heterocycles. The van der Waals surface area contributed by atoms with Crippen LogP contribution in [0.25, 0.3) is 0 Å². The van der Waals surface area contributed by atoms with Crippen molar-refractivity contribution in [2.75, 3.05) is 25.2 Å². The molecule has 0 aromatic carbocycles. The van der Waals surface area contributed by atoms with E-state index in [0.29, 0.717) is 16.5 Å². The molecule has 0 spiro atoms. The lowest BCUT2D eigenvalue weighted by atomic mass is 10.1. The zero-order valence-corrected chi connectivity index (χ0v) is 11.2. The largest absolute Gasteiger partial charge is 0.385 e. The van der Waals surface area contributed by atoms with Crippen molar-refractivity contribution in [1.82, 2.24) is 5.43 Å². The summed E-state index contributed by atoms with van der Waals surface area (Å²) in [6.07, 6.45) is 2.19. The highest BCUT2D eigenvalue weighted by molar-refractivity contribution is 8.07. The van der Waals surface area contributed by atoms with Crippen LogP contribution in [-0.4, -0.2) is 41.8 Å². The van der Waals surface area contributed by atoms with E-state index in [1.54, 1.807) is 7.11 Å². The Bertz CT molecular complexity index is 172. The van der Waals surface area contributed by atoms with E-state index in [9.17, 15) is 0 Å².